The van der Waals surface area contributed by atoms with Gasteiger partial charge in [0.1, 0.15) is 6.61 Å². The number of halogens is 3. The number of alkyl halides is 3. The van der Waals surface area contributed by atoms with E-state index >= 15 is 0 Å². The van der Waals surface area contributed by atoms with Crippen LogP contribution in [0.5, 0.6) is 0 Å². The molecular formula is C31H36F3N3O4S. The zero-order valence-electron chi connectivity index (χ0n) is 24.0. The molecule has 1 aromatic heterocycles. The van der Waals surface area contributed by atoms with E-state index in [1.54, 1.807) is 24.8 Å². The predicted octanol–water partition coefficient (Wildman–Crippen LogP) is 5.62. The first kappa shape index (κ1) is 30.3. The van der Waals surface area contributed by atoms with E-state index in [-0.39, 0.29) is 19.1 Å². The molecule has 226 valence electrons. The van der Waals surface area contributed by atoms with Gasteiger partial charge in [-0.1, -0.05) is 36.2 Å². The molecule has 0 saturated carbocycles. The molecule has 1 amide bonds. The van der Waals surface area contributed by atoms with Crippen molar-refractivity contribution >= 4 is 15.9 Å². The summed E-state index contributed by atoms with van der Waals surface area (Å²) in [6, 6.07) is 11.3. The third kappa shape index (κ3) is 6.00. The van der Waals surface area contributed by atoms with E-state index in [0.717, 1.165) is 36.2 Å². The SMILES string of the molecule is Cc1cc(C)c(S(=O)(=O)N2CCCCC2COCC(=O)N2CCn3cccc3C2c2cccc(C(F)(F)F)c2)c(C)c1. The summed E-state index contributed by atoms with van der Waals surface area (Å²) in [6.45, 7) is 6.47. The number of carbonyl (C=O) groups is 1. The van der Waals surface area contributed by atoms with E-state index in [2.05, 4.69) is 0 Å². The van der Waals surface area contributed by atoms with Gasteiger partial charge in [-0.2, -0.15) is 17.5 Å². The average Bonchev–Trinajstić information content (AvgIpc) is 3.40. The molecule has 0 spiro atoms. The fraction of sp³-hybridized carbons (Fsp3) is 0.452. The first-order valence-corrected chi connectivity index (χ1v) is 15.6. The number of hydrogen-bond acceptors (Lipinski definition) is 4. The second kappa shape index (κ2) is 11.9. The Kier molecular flexibility index (Phi) is 8.55. The van der Waals surface area contributed by atoms with Crippen molar-refractivity contribution in [3.63, 3.8) is 0 Å². The van der Waals surface area contributed by atoms with Crippen molar-refractivity contribution in [3.8, 4) is 0 Å². The van der Waals surface area contributed by atoms with Crippen LogP contribution < -0.4 is 0 Å². The van der Waals surface area contributed by atoms with E-state index < -0.39 is 33.8 Å². The number of piperidine rings is 1. The molecule has 0 radical (unpaired) electrons. The third-order valence-electron chi connectivity index (χ3n) is 8.17. The van der Waals surface area contributed by atoms with Gasteiger partial charge in [0.2, 0.25) is 15.9 Å². The lowest BCUT2D eigenvalue weighted by molar-refractivity contribution is -0.139. The molecule has 3 aromatic rings. The number of aromatic nitrogens is 1. The topological polar surface area (TPSA) is 71.8 Å². The zero-order chi connectivity index (χ0) is 30.2. The molecule has 5 rings (SSSR count). The van der Waals surface area contributed by atoms with Crippen molar-refractivity contribution in [3.05, 3.63) is 88.2 Å². The fourth-order valence-corrected chi connectivity index (χ4v) is 8.50. The lowest BCUT2D eigenvalue weighted by Crippen LogP contribution is -2.47. The van der Waals surface area contributed by atoms with E-state index in [0.29, 0.717) is 47.6 Å². The van der Waals surface area contributed by atoms with Crippen molar-refractivity contribution < 1.29 is 31.1 Å². The molecule has 0 N–H and O–H groups in total. The summed E-state index contributed by atoms with van der Waals surface area (Å²) in [6.07, 6.45) is -0.455. The van der Waals surface area contributed by atoms with Crippen LogP contribution in [0.2, 0.25) is 0 Å². The molecule has 42 heavy (non-hydrogen) atoms. The van der Waals surface area contributed by atoms with Crippen LogP contribution in [0.4, 0.5) is 13.2 Å². The van der Waals surface area contributed by atoms with Crippen LogP contribution in [0.25, 0.3) is 0 Å². The number of benzene rings is 2. The van der Waals surface area contributed by atoms with E-state index in [9.17, 15) is 26.4 Å². The van der Waals surface area contributed by atoms with Gasteiger partial charge in [0.15, 0.2) is 0 Å². The van der Waals surface area contributed by atoms with Crippen LogP contribution in [0.1, 0.15) is 58.8 Å². The second-order valence-corrected chi connectivity index (χ2v) is 13.1. The number of carbonyl (C=O) groups excluding carboxylic acids is 1. The minimum Gasteiger partial charge on any atom is -0.370 e. The number of fused-ring (bicyclic) bond motifs is 1. The number of aryl methyl sites for hydroxylation is 3. The van der Waals surface area contributed by atoms with Crippen molar-refractivity contribution in [1.82, 2.24) is 13.8 Å². The molecule has 7 nitrogen and oxygen atoms in total. The highest BCUT2D eigenvalue weighted by atomic mass is 32.2. The van der Waals surface area contributed by atoms with E-state index in [1.165, 1.54) is 10.4 Å². The summed E-state index contributed by atoms with van der Waals surface area (Å²) < 4.78 is 77.4. The number of amides is 1. The Morgan fingerprint density at radius 1 is 0.976 bits per heavy atom. The van der Waals surface area contributed by atoms with Crippen LogP contribution in [0.15, 0.2) is 59.6 Å². The summed E-state index contributed by atoms with van der Waals surface area (Å²) in [5.41, 5.74) is 2.71. The minimum atomic E-state index is -4.51. The van der Waals surface area contributed by atoms with Crippen LogP contribution in [0.3, 0.4) is 0 Å². The van der Waals surface area contributed by atoms with Gasteiger partial charge >= 0.3 is 6.18 Å². The van der Waals surface area contributed by atoms with Gasteiger partial charge in [-0.25, -0.2) is 8.42 Å². The van der Waals surface area contributed by atoms with E-state index in [1.807, 2.05) is 42.0 Å². The number of hydrogen-bond donors (Lipinski definition) is 0. The Labute approximate surface area is 244 Å². The standard InChI is InChI=1S/C31H36F3N3O4S/c1-21-16-22(2)30(23(3)17-21)42(39,40)37-13-5-4-10-26(37)19-41-20-28(38)36-15-14-35-12-7-11-27(35)29(36)24-8-6-9-25(18-24)31(32,33)34/h6-9,11-12,16-18,26,29H,4-5,10,13-15,19-20H2,1-3H3. The Balaban J connectivity index is 1.32. The van der Waals surface area contributed by atoms with Crippen molar-refractivity contribution in [1.29, 1.82) is 0 Å². The van der Waals surface area contributed by atoms with Gasteiger partial charge in [-0.3, -0.25) is 4.79 Å². The van der Waals surface area contributed by atoms with Gasteiger partial charge in [0.05, 0.1) is 23.1 Å². The molecule has 2 aromatic carbocycles. The lowest BCUT2D eigenvalue weighted by atomic mass is 9.97. The first-order chi connectivity index (χ1) is 19.9. The van der Waals surface area contributed by atoms with Gasteiger partial charge in [0.25, 0.3) is 0 Å². The first-order valence-electron chi connectivity index (χ1n) is 14.2. The number of ether oxygens (including phenoxy) is 1. The molecular weight excluding hydrogens is 567 g/mol. The minimum absolute atomic E-state index is 0.0490. The largest absolute Gasteiger partial charge is 0.416 e. The molecule has 1 saturated heterocycles. The summed E-state index contributed by atoms with van der Waals surface area (Å²) >= 11 is 0. The molecule has 3 heterocycles. The van der Waals surface area contributed by atoms with Crippen LogP contribution in [-0.4, -0.2) is 60.4 Å². The summed E-state index contributed by atoms with van der Waals surface area (Å²) in [4.78, 5) is 15.4. The summed E-state index contributed by atoms with van der Waals surface area (Å²) in [5.74, 6) is -0.361. The van der Waals surface area contributed by atoms with Crippen molar-refractivity contribution in [2.24, 2.45) is 0 Å². The monoisotopic (exact) mass is 603 g/mol. The highest BCUT2D eigenvalue weighted by Crippen LogP contribution is 2.36. The van der Waals surface area contributed by atoms with E-state index in [4.69, 9.17) is 4.74 Å². The predicted molar refractivity (Wildman–Crippen MR) is 152 cm³/mol. The fourth-order valence-electron chi connectivity index (χ4n) is 6.40. The number of sulfonamides is 1. The normalized spacial score (nSPS) is 20.0. The van der Waals surface area contributed by atoms with Gasteiger partial charge in [-0.05, 0) is 74.6 Å². The van der Waals surface area contributed by atoms with Gasteiger partial charge in [-0.15, -0.1) is 0 Å². The smallest absolute Gasteiger partial charge is 0.370 e. The molecule has 11 heteroatoms. The van der Waals surface area contributed by atoms with Crippen LogP contribution in [0, 0.1) is 20.8 Å². The zero-order valence-corrected chi connectivity index (χ0v) is 24.8. The molecule has 1 fully saturated rings. The van der Waals surface area contributed by atoms with Crippen LogP contribution >= 0.6 is 0 Å². The van der Waals surface area contributed by atoms with Crippen molar-refractivity contribution in [2.75, 3.05) is 26.3 Å². The average molecular weight is 604 g/mol. The van der Waals surface area contributed by atoms with Crippen molar-refractivity contribution in [2.45, 2.75) is 69.7 Å². The molecule has 2 aliphatic heterocycles. The van der Waals surface area contributed by atoms with Gasteiger partial charge < -0.3 is 14.2 Å². The quantitative estimate of drug-likeness (QED) is 0.351. The molecule has 2 unspecified atom stereocenters. The summed E-state index contributed by atoms with van der Waals surface area (Å²) in [7, 11) is -3.79. The van der Waals surface area contributed by atoms with Gasteiger partial charge in [0, 0.05) is 37.6 Å². The third-order valence-corrected chi connectivity index (χ3v) is 10.4. The lowest BCUT2D eigenvalue weighted by Gasteiger charge is -2.38. The Hall–Kier alpha value is -3.15. The second-order valence-electron chi connectivity index (χ2n) is 11.2. The summed E-state index contributed by atoms with van der Waals surface area (Å²) in [5, 5.41) is 0. The Bertz CT molecular complexity index is 1540. The molecule has 0 aliphatic carbocycles. The maximum atomic E-state index is 13.8. The Morgan fingerprint density at radius 2 is 1.71 bits per heavy atom. The molecule has 2 aliphatic rings. The molecule has 0 bridgehead atoms. The number of nitrogens with zero attached hydrogens (tertiary/aromatic N) is 3. The maximum Gasteiger partial charge on any atom is 0.416 e. The van der Waals surface area contributed by atoms with Crippen LogP contribution in [-0.2, 0) is 32.3 Å². The molecule has 2 atom stereocenters. The highest BCUT2D eigenvalue weighted by molar-refractivity contribution is 7.89. The maximum absolute atomic E-state index is 13.8. The Morgan fingerprint density at radius 3 is 2.43 bits per heavy atom. The highest BCUT2D eigenvalue weighted by Gasteiger charge is 2.37. The number of rotatable bonds is 7.